The maximum Gasteiger partial charge on any atom is 0.458 e. The Hall–Kier alpha value is -2.55. The van der Waals surface area contributed by atoms with Crippen molar-refractivity contribution in [2.75, 3.05) is 0 Å². The Labute approximate surface area is 156 Å². The van der Waals surface area contributed by atoms with Gasteiger partial charge in [-0.25, -0.2) is 0 Å². The molecule has 0 radical (unpaired) electrons. The normalized spacial score (nSPS) is 22.1. The number of ketones is 1. The topological polar surface area (TPSA) is 59.3 Å². The highest BCUT2D eigenvalue weighted by Crippen LogP contribution is 2.47. The summed E-state index contributed by atoms with van der Waals surface area (Å²) in [6.07, 6.45) is -6.08. The summed E-state index contributed by atoms with van der Waals surface area (Å²) in [5.74, 6) is -5.77. The van der Waals surface area contributed by atoms with Crippen molar-refractivity contribution in [3.63, 3.8) is 0 Å². The van der Waals surface area contributed by atoms with Crippen LogP contribution in [0.15, 0.2) is 47.4 Å². The number of carbonyl (C=O) groups excluding carboxylic acids is 1. The van der Waals surface area contributed by atoms with E-state index in [-0.39, 0.29) is 11.1 Å². The highest BCUT2D eigenvalue weighted by atomic mass is 19.4. The molecule has 3 rings (SSSR count). The number of aromatic nitrogens is 1. The number of benzene rings is 1. The number of aliphatic hydroxyl groups is 1. The predicted molar refractivity (Wildman–Crippen MR) is 89.4 cm³/mol. The number of nitrogens with zero attached hydrogens (tertiary/aromatic N) is 1. The van der Waals surface area contributed by atoms with E-state index in [1.54, 1.807) is 0 Å². The SMILES string of the molecule is CC1(C)C(=O)c2ccc(C(F)(F)C(F)(F)F)cc2[C@@H](n2ccccc2=O)[C@@H]1O. The first-order chi connectivity index (χ1) is 12.8. The number of halogens is 5. The number of alkyl halides is 5. The molecule has 2 atom stereocenters. The Bertz CT molecular complexity index is 994. The Balaban J connectivity index is 2.31. The second kappa shape index (κ2) is 6.23. The molecule has 1 aliphatic carbocycles. The van der Waals surface area contributed by atoms with Crippen molar-refractivity contribution in [1.29, 1.82) is 0 Å². The van der Waals surface area contributed by atoms with Gasteiger partial charge in [0, 0.05) is 23.4 Å². The quantitative estimate of drug-likeness (QED) is 0.782. The Kier molecular flexibility index (Phi) is 4.49. The number of fused-ring (bicyclic) bond motifs is 1. The van der Waals surface area contributed by atoms with Crippen molar-refractivity contribution < 1.29 is 31.9 Å². The van der Waals surface area contributed by atoms with Gasteiger partial charge in [0.05, 0.1) is 17.6 Å². The molecule has 1 N–H and O–H groups in total. The molecule has 4 nitrogen and oxygen atoms in total. The van der Waals surface area contributed by atoms with Gasteiger partial charge in [-0.15, -0.1) is 0 Å². The van der Waals surface area contributed by atoms with Crippen molar-refractivity contribution in [2.45, 2.75) is 38.1 Å². The first-order valence-corrected chi connectivity index (χ1v) is 8.29. The van der Waals surface area contributed by atoms with Crippen molar-refractivity contribution in [2.24, 2.45) is 5.41 Å². The summed E-state index contributed by atoms with van der Waals surface area (Å²) >= 11 is 0. The fraction of sp³-hybridized carbons (Fsp3) is 0.368. The molecule has 1 heterocycles. The molecule has 28 heavy (non-hydrogen) atoms. The molecule has 2 aromatic rings. The van der Waals surface area contributed by atoms with E-state index in [0.717, 1.165) is 16.7 Å². The molecule has 0 spiro atoms. The third kappa shape index (κ3) is 2.85. The van der Waals surface area contributed by atoms with Crippen LogP contribution in [-0.4, -0.2) is 27.7 Å². The molecule has 0 aliphatic heterocycles. The van der Waals surface area contributed by atoms with Gasteiger partial charge in [-0.05, 0) is 31.5 Å². The summed E-state index contributed by atoms with van der Waals surface area (Å²) < 4.78 is 67.1. The molecule has 9 heteroatoms. The first-order valence-electron chi connectivity index (χ1n) is 8.29. The van der Waals surface area contributed by atoms with Crippen LogP contribution in [0.25, 0.3) is 0 Å². The molecule has 0 saturated carbocycles. The number of rotatable bonds is 2. The number of carbonyl (C=O) groups is 1. The van der Waals surface area contributed by atoms with Gasteiger partial charge < -0.3 is 9.67 Å². The van der Waals surface area contributed by atoms with Crippen LogP contribution in [0.1, 0.15) is 41.4 Å². The molecule has 0 saturated heterocycles. The lowest BCUT2D eigenvalue weighted by atomic mass is 9.68. The largest absolute Gasteiger partial charge is 0.458 e. The summed E-state index contributed by atoms with van der Waals surface area (Å²) in [4.78, 5) is 25.0. The van der Waals surface area contributed by atoms with E-state index < -0.39 is 46.6 Å². The third-order valence-corrected chi connectivity index (χ3v) is 5.11. The zero-order valence-electron chi connectivity index (χ0n) is 14.8. The minimum atomic E-state index is -5.84. The molecule has 0 amide bonds. The van der Waals surface area contributed by atoms with Gasteiger partial charge >= 0.3 is 12.1 Å². The molecule has 1 aromatic carbocycles. The molecular weight excluding hydrogens is 385 g/mol. The molecule has 1 aromatic heterocycles. The van der Waals surface area contributed by atoms with Crippen molar-refractivity contribution >= 4 is 5.78 Å². The van der Waals surface area contributed by atoms with Gasteiger partial charge in [-0.1, -0.05) is 18.2 Å². The number of aliphatic hydroxyl groups excluding tert-OH is 1. The zero-order chi connectivity index (χ0) is 21.1. The van der Waals surface area contributed by atoms with Gasteiger partial charge in [0.15, 0.2) is 5.78 Å². The first kappa shape index (κ1) is 20.2. The summed E-state index contributed by atoms with van der Waals surface area (Å²) in [5, 5.41) is 10.8. The minimum Gasteiger partial charge on any atom is -0.390 e. The zero-order valence-corrected chi connectivity index (χ0v) is 14.8. The molecule has 1 aliphatic rings. The lowest BCUT2D eigenvalue weighted by Crippen LogP contribution is -2.49. The summed E-state index contributed by atoms with van der Waals surface area (Å²) in [6, 6.07) is 4.70. The number of pyridine rings is 1. The van der Waals surface area contributed by atoms with Crippen LogP contribution in [-0.2, 0) is 5.92 Å². The minimum absolute atomic E-state index is 0.113. The van der Waals surface area contributed by atoms with Crippen LogP contribution >= 0.6 is 0 Å². The van der Waals surface area contributed by atoms with E-state index in [1.807, 2.05) is 0 Å². The molecule has 0 bridgehead atoms. The van der Waals surface area contributed by atoms with E-state index in [2.05, 4.69) is 0 Å². The predicted octanol–water partition coefficient (Wildman–Crippen LogP) is 3.68. The van der Waals surface area contributed by atoms with Gasteiger partial charge in [0.2, 0.25) is 0 Å². The van der Waals surface area contributed by atoms with Gasteiger partial charge in [0.25, 0.3) is 5.56 Å². The van der Waals surface area contributed by atoms with Gasteiger partial charge in [-0.2, -0.15) is 22.0 Å². The number of hydrogen-bond donors (Lipinski definition) is 1. The lowest BCUT2D eigenvalue weighted by molar-refractivity contribution is -0.289. The monoisotopic (exact) mass is 401 g/mol. The van der Waals surface area contributed by atoms with E-state index >= 15 is 0 Å². The van der Waals surface area contributed by atoms with Crippen LogP contribution < -0.4 is 5.56 Å². The average molecular weight is 401 g/mol. The van der Waals surface area contributed by atoms with Gasteiger partial charge in [-0.3, -0.25) is 9.59 Å². The number of hydrogen-bond acceptors (Lipinski definition) is 3. The third-order valence-electron chi connectivity index (χ3n) is 5.11. The van der Waals surface area contributed by atoms with Crippen molar-refractivity contribution in [1.82, 2.24) is 4.57 Å². The molecule has 0 unspecified atom stereocenters. The fourth-order valence-electron chi connectivity index (χ4n) is 3.39. The molecule has 150 valence electrons. The number of Topliss-reactive ketones (excluding diaryl/α,β-unsaturated/α-hetero) is 1. The second-order valence-corrected chi connectivity index (χ2v) is 7.26. The van der Waals surface area contributed by atoms with Crippen molar-refractivity contribution in [3.8, 4) is 0 Å². The van der Waals surface area contributed by atoms with Gasteiger partial charge in [0.1, 0.15) is 0 Å². The Morgan fingerprint density at radius 1 is 1.04 bits per heavy atom. The maximum atomic E-state index is 13.8. The second-order valence-electron chi connectivity index (χ2n) is 7.26. The molecular formula is C19H16F5NO3. The highest BCUT2D eigenvalue weighted by molar-refractivity contribution is 6.03. The summed E-state index contributed by atoms with van der Waals surface area (Å²) in [6.45, 7) is 2.84. The highest BCUT2D eigenvalue weighted by Gasteiger charge is 2.59. The van der Waals surface area contributed by atoms with E-state index in [0.29, 0.717) is 12.1 Å². The summed E-state index contributed by atoms with van der Waals surface area (Å²) in [5.41, 5.74) is -3.73. The van der Waals surface area contributed by atoms with Crippen LogP contribution in [0.5, 0.6) is 0 Å². The lowest BCUT2D eigenvalue weighted by Gasteiger charge is -2.41. The maximum absolute atomic E-state index is 13.8. The van der Waals surface area contributed by atoms with E-state index in [9.17, 15) is 36.6 Å². The van der Waals surface area contributed by atoms with Crippen molar-refractivity contribution in [3.05, 3.63) is 69.6 Å². The fourth-order valence-corrected chi connectivity index (χ4v) is 3.39. The van der Waals surface area contributed by atoms with Crippen LogP contribution in [0.2, 0.25) is 0 Å². The smallest absolute Gasteiger partial charge is 0.390 e. The standard InChI is InChI=1S/C19H16F5NO3/c1-17(2)15(27)11-7-6-10(18(20,21)19(22,23)24)9-12(11)14(16(17)28)25-8-4-3-5-13(25)26/h3-9,14,16,28H,1-2H3/t14-,16+/m1/s1. The average Bonchev–Trinajstić information content (AvgIpc) is 2.60. The van der Waals surface area contributed by atoms with E-state index in [1.165, 1.54) is 32.2 Å². The van der Waals surface area contributed by atoms with Crippen LogP contribution in [0, 0.1) is 5.41 Å². The van der Waals surface area contributed by atoms with E-state index in [4.69, 9.17) is 0 Å². The van der Waals surface area contributed by atoms with Crippen LogP contribution in [0.4, 0.5) is 22.0 Å². The van der Waals surface area contributed by atoms with Crippen LogP contribution in [0.3, 0.4) is 0 Å². The summed E-state index contributed by atoms with van der Waals surface area (Å²) in [7, 11) is 0. The Morgan fingerprint density at radius 2 is 1.68 bits per heavy atom. The molecule has 0 fully saturated rings. The Morgan fingerprint density at radius 3 is 2.25 bits per heavy atom.